The molecule has 1 unspecified atom stereocenters. The van der Waals surface area contributed by atoms with Gasteiger partial charge in [-0.1, -0.05) is 37.9 Å². The molecule has 0 aliphatic rings. The van der Waals surface area contributed by atoms with E-state index in [9.17, 15) is 4.79 Å². The molecule has 0 fully saturated rings. The van der Waals surface area contributed by atoms with Crippen molar-refractivity contribution in [3.05, 3.63) is 29.3 Å². The summed E-state index contributed by atoms with van der Waals surface area (Å²) < 4.78 is 5.22. The summed E-state index contributed by atoms with van der Waals surface area (Å²) in [6.07, 6.45) is 2.31. The molecule has 1 aromatic carbocycles. The van der Waals surface area contributed by atoms with Gasteiger partial charge in [0.1, 0.15) is 5.54 Å². The van der Waals surface area contributed by atoms with Crippen LogP contribution in [0.5, 0.6) is 0 Å². The SMILES string of the molecule is CCCC(CC)(Nc1cccc(Cl)c1)C(=O)OCC. The zero-order valence-corrected chi connectivity index (χ0v) is 12.6. The first-order chi connectivity index (χ1) is 9.07. The minimum Gasteiger partial charge on any atom is -0.464 e. The monoisotopic (exact) mass is 283 g/mol. The van der Waals surface area contributed by atoms with E-state index in [2.05, 4.69) is 12.2 Å². The van der Waals surface area contributed by atoms with Gasteiger partial charge in [0.25, 0.3) is 0 Å². The normalized spacial score (nSPS) is 13.7. The Bertz CT molecular complexity index is 422. The van der Waals surface area contributed by atoms with E-state index in [4.69, 9.17) is 16.3 Å². The van der Waals surface area contributed by atoms with Gasteiger partial charge in [-0.05, 0) is 38.0 Å². The van der Waals surface area contributed by atoms with Crippen LogP contribution in [-0.2, 0) is 9.53 Å². The number of carbonyl (C=O) groups is 1. The molecule has 0 heterocycles. The number of anilines is 1. The maximum atomic E-state index is 12.3. The number of carbonyl (C=O) groups excluding carboxylic acids is 1. The Labute approximate surface area is 120 Å². The highest BCUT2D eigenvalue weighted by atomic mass is 35.5. The molecule has 106 valence electrons. The van der Waals surface area contributed by atoms with Crippen molar-refractivity contribution in [2.24, 2.45) is 0 Å². The third-order valence-corrected chi connectivity index (χ3v) is 3.39. The average Bonchev–Trinajstić information content (AvgIpc) is 2.38. The third kappa shape index (κ3) is 4.13. The van der Waals surface area contributed by atoms with Gasteiger partial charge < -0.3 is 10.1 Å². The van der Waals surface area contributed by atoms with E-state index in [0.717, 1.165) is 18.5 Å². The standard InChI is InChI=1S/C15H22ClNO2/c1-4-10-15(5-2,14(18)19-6-3)17-13-9-7-8-12(16)11-13/h7-9,11,17H,4-6,10H2,1-3H3. The van der Waals surface area contributed by atoms with Crippen LogP contribution < -0.4 is 5.32 Å². The van der Waals surface area contributed by atoms with Gasteiger partial charge in [0.15, 0.2) is 0 Å². The highest BCUT2D eigenvalue weighted by Crippen LogP contribution is 2.27. The fourth-order valence-electron chi connectivity index (χ4n) is 2.16. The molecule has 0 amide bonds. The smallest absolute Gasteiger partial charge is 0.331 e. The van der Waals surface area contributed by atoms with E-state index in [0.29, 0.717) is 18.1 Å². The molecular formula is C15H22ClNO2. The summed E-state index contributed by atoms with van der Waals surface area (Å²) in [5.74, 6) is -0.195. The molecule has 1 aromatic rings. The first-order valence-corrected chi connectivity index (χ1v) is 7.16. The number of rotatable bonds is 7. The Morgan fingerprint density at radius 3 is 2.63 bits per heavy atom. The summed E-state index contributed by atoms with van der Waals surface area (Å²) >= 11 is 5.98. The number of benzene rings is 1. The Balaban J connectivity index is 2.99. The van der Waals surface area contributed by atoms with Gasteiger partial charge in [-0.3, -0.25) is 0 Å². The van der Waals surface area contributed by atoms with E-state index in [-0.39, 0.29) is 5.97 Å². The van der Waals surface area contributed by atoms with Gasteiger partial charge in [0.2, 0.25) is 0 Å². The molecule has 3 nitrogen and oxygen atoms in total. The Morgan fingerprint density at radius 1 is 1.37 bits per heavy atom. The highest BCUT2D eigenvalue weighted by Gasteiger charge is 2.37. The third-order valence-electron chi connectivity index (χ3n) is 3.15. The van der Waals surface area contributed by atoms with Crippen LogP contribution >= 0.6 is 11.6 Å². The molecule has 1 N–H and O–H groups in total. The number of hydrogen-bond acceptors (Lipinski definition) is 3. The average molecular weight is 284 g/mol. The molecule has 0 bridgehead atoms. The van der Waals surface area contributed by atoms with Crippen LogP contribution in [0.15, 0.2) is 24.3 Å². The topological polar surface area (TPSA) is 38.3 Å². The van der Waals surface area contributed by atoms with E-state index >= 15 is 0 Å². The fourth-order valence-corrected chi connectivity index (χ4v) is 2.35. The van der Waals surface area contributed by atoms with Gasteiger partial charge >= 0.3 is 5.97 Å². The molecule has 4 heteroatoms. The van der Waals surface area contributed by atoms with Gasteiger partial charge in [-0.25, -0.2) is 4.79 Å². The predicted molar refractivity (Wildman–Crippen MR) is 79.6 cm³/mol. The lowest BCUT2D eigenvalue weighted by atomic mass is 9.90. The quantitative estimate of drug-likeness (QED) is 0.760. The molecule has 1 atom stereocenters. The van der Waals surface area contributed by atoms with Crippen LogP contribution in [0.25, 0.3) is 0 Å². The lowest BCUT2D eigenvalue weighted by Gasteiger charge is -2.32. The molecule has 0 saturated carbocycles. The van der Waals surface area contributed by atoms with E-state index in [1.165, 1.54) is 0 Å². The van der Waals surface area contributed by atoms with Crippen LogP contribution in [0.4, 0.5) is 5.69 Å². The van der Waals surface area contributed by atoms with Crippen molar-refractivity contribution in [2.75, 3.05) is 11.9 Å². The molecule has 0 saturated heterocycles. The largest absolute Gasteiger partial charge is 0.464 e. The lowest BCUT2D eigenvalue weighted by Crippen LogP contribution is -2.47. The van der Waals surface area contributed by atoms with Crippen molar-refractivity contribution in [3.8, 4) is 0 Å². The second-order valence-corrected chi connectivity index (χ2v) is 4.98. The van der Waals surface area contributed by atoms with Crippen LogP contribution in [0.2, 0.25) is 5.02 Å². The number of esters is 1. The molecule has 0 radical (unpaired) electrons. The summed E-state index contributed by atoms with van der Waals surface area (Å²) in [4.78, 5) is 12.3. The summed E-state index contributed by atoms with van der Waals surface area (Å²) in [5, 5.41) is 3.96. The second-order valence-electron chi connectivity index (χ2n) is 4.54. The minimum atomic E-state index is -0.671. The van der Waals surface area contributed by atoms with E-state index in [1.54, 1.807) is 0 Å². The van der Waals surface area contributed by atoms with E-state index < -0.39 is 5.54 Å². The molecular weight excluding hydrogens is 262 g/mol. The lowest BCUT2D eigenvalue weighted by molar-refractivity contribution is -0.149. The fraction of sp³-hybridized carbons (Fsp3) is 0.533. The van der Waals surface area contributed by atoms with Crippen molar-refractivity contribution in [2.45, 2.75) is 45.6 Å². The van der Waals surface area contributed by atoms with Crippen molar-refractivity contribution in [1.82, 2.24) is 0 Å². The van der Waals surface area contributed by atoms with Crippen LogP contribution in [0, 0.1) is 0 Å². The van der Waals surface area contributed by atoms with Crippen molar-refractivity contribution < 1.29 is 9.53 Å². The molecule has 0 aliphatic carbocycles. The van der Waals surface area contributed by atoms with Gasteiger partial charge in [0.05, 0.1) is 6.61 Å². The van der Waals surface area contributed by atoms with Gasteiger partial charge in [-0.2, -0.15) is 0 Å². The van der Waals surface area contributed by atoms with Crippen molar-refractivity contribution >= 4 is 23.3 Å². The first-order valence-electron chi connectivity index (χ1n) is 6.79. The zero-order chi connectivity index (χ0) is 14.3. The van der Waals surface area contributed by atoms with E-state index in [1.807, 2.05) is 38.1 Å². The maximum Gasteiger partial charge on any atom is 0.331 e. The Hall–Kier alpha value is -1.22. The minimum absolute atomic E-state index is 0.195. The van der Waals surface area contributed by atoms with Crippen molar-refractivity contribution in [1.29, 1.82) is 0 Å². The number of nitrogens with one attached hydrogen (secondary N) is 1. The summed E-state index contributed by atoms with van der Waals surface area (Å²) in [5.41, 5.74) is 0.172. The Morgan fingerprint density at radius 2 is 2.11 bits per heavy atom. The second kappa shape index (κ2) is 7.39. The maximum absolute atomic E-state index is 12.3. The first kappa shape index (κ1) is 15.8. The predicted octanol–water partition coefficient (Wildman–Crippen LogP) is 4.26. The summed E-state index contributed by atoms with van der Waals surface area (Å²) in [7, 11) is 0. The number of ether oxygens (including phenoxy) is 1. The van der Waals surface area contributed by atoms with Gasteiger partial charge in [-0.15, -0.1) is 0 Å². The Kier molecular flexibility index (Phi) is 6.16. The zero-order valence-electron chi connectivity index (χ0n) is 11.8. The van der Waals surface area contributed by atoms with Crippen LogP contribution in [0.1, 0.15) is 40.0 Å². The summed E-state index contributed by atoms with van der Waals surface area (Å²) in [6, 6.07) is 7.40. The summed E-state index contributed by atoms with van der Waals surface area (Å²) in [6.45, 7) is 6.26. The molecule has 0 aromatic heterocycles. The molecule has 0 spiro atoms. The number of hydrogen-bond donors (Lipinski definition) is 1. The number of halogens is 1. The van der Waals surface area contributed by atoms with Crippen molar-refractivity contribution in [3.63, 3.8) is 0 Å². The highest BCUT2D eigenvalue weighted by molar-refractivity contribution is 6.30. The molecule has 19 heavy (non-hydrogen) atoms. The molecule has 1 rings (SSSR count). The van der Waals surface area contributed by atoms with Crippen LogP contribution in [0.3, 0.4) is 0 Å². The molecule has 0 aliphatic heterocycles. The van der Waals surface area contributed by atoms with Gasteiger partial charge in [0, 0.05) is 10.7 Å². The van der Waals surface area contributed by atoms with Crippen LogP contribution in [-0.4, -0.2) is 18.1 Å².